The molecule has 0 aliphatic carbocycles. The number of halogens is 3. The van der Waals surface area contributed by atoms with Gasteiger partial charge in [0.15, 0.2) is 5.75 Å². The molecule has 0 aliphatic heterocycles. The van der Waals surface area contributed by atoms with Crippen LogP contribution in [0, 0.1) is 6.92 Å². The van der Waals surface area contributed by atoms with Crippen LogP contribution in [0.25, 0.3) is 5.69 Å². The van der Waals surface area contributed by atoms with Gasteiger partial charge in [0.05, 0.1) is 17.5 Å². The second-order valence-corrected chi connectivity index (χ2v) is 13.7. The van der Waals surface area contributed by atoms with Crippen LogP contribution in [0.5, 0.6) is 11.5 Å². The lowest BCUT2D eigenvalue weighted by molar-refractivity contribution is -0.274. The number of para-hydroxylation sites is 2. The van der Waals surface area contributed by atoms with Crippen LogP contribution in [0.15, 0.2) is 82.7 Å². The van der Waals surface area contributed by atoms with Crippen LogP contribution in [-0.2, 0) is 6.61 Å². The van der Waals surface area contributed by atoms with E-state index in [0.717, 1.165) is 26.7 Å². The summed E-state index contributed by atoms with van der Waals surface area (Å²) in [7, 11) is -1.52. The topological polar surface area (TPSA) is 73.6 Å². The summed E-state index contributed by atoms with van der Waals surface area (Å²) in [6, 6.07) is 18.8. The van der Waals surface area contributed by atoms with Crippen molar-refractivity contribution in [2.45, 2.75) is 56.4 Å². The Bertz CT molecular complexity index is 1550. The molecule has 1 aromatic heterocycles. The number of aryl methyl sites for hydroxylation is 1. The third kappa shape index (κ3) is 6.53. The quantitative estimate of drug-likeness (QED) is 0.202. The zero-order valence-electron chi connectivity index (χ0n) is 23.5. The lowest BCUT2D eigenvalue weighted by atomic mass is 10.0. The Hall–Kier alpha value is -3.92. The van der Waals surface area contributed by atoms with Crippen molar-refractivity contribution in [3.63, 3.8) is 0 Å². The molecule has 0 spiro atoms. The van der Waals surface area contributed by atoms with Crippen molar-refractivity contribution < 1.29 is 32.5 Å². The van der Waals surface area contributed by atoms with Crippen molar-refractivity contribution in [3.05, 3.63) is 95.3 Å². The molecule has 3 aromatic carbocycles. The molecule has 4 rings (SSSR count). The van der Waals surface area contributed by atoms with E-state index in [-0.39, 0.29) is 29.5 Å². The highest BCUT2D eigenvalue weighted by atomic mass is 32.3. The van der Waals surface area contributed by atoms with E-state index in [1.807, 2.05) is 45.0 Å². The van der Waals surface area contributed by atoms with E-state index >= 15 is 0 Å². The Balaban J connectivity index is 1.65. The highest BCUT2D eigenvalue weighted by Gasteiger charge is 2.33. The largest absolute Gasteiger partial charge is 0.573 e. The van der Waals surface area contributed by atoms with Gasteiger partial charge in [-0.25, -0.2) is 9.48 Å². The van der Waals surface area contributed by atoms with E-state index in [1.54, 1.807) is 30.5 Å². The van der Waals surface area contributed by atoms with Gasteiger partial charge >= 0.3 is 12.3 Å². The van der Waals surface area contributed by atoms with Crippen molar-refractivity contribution in [1.29, 1.82) is 0 Å². The minimum absolute atomic E-state index is 0.0533. The van der Waals surface area contributed by atoms with Gasteiger partial charge in [-0.3, -0.25) is 0 Å². The fourth-order valence-electron chi connectivity index (χ4n) is 4.79. The molecule has 0 bridgehead atoms. The molecule has 41 heavy (non-hydrogen) atoms. The summed E-state index contributed by atoms with van der Waals surface area (Å²) in [5.74, 6) is 0.169. The van der Waals surface area contributed by atoms with E-state index in [2.05, 4.69) is 23.0 Å². The molecule has 0 amide bonds. The van der Waals surface area contributed by atoms with Gasteiger partial charge < -0.3 is 14.6 Å². The predicted octanol–water partition coefficient (Wildman–Crippen LogP) is 8.35. The van der Waals surface area contributed by atoms with E-state index in [4.69, 9.17) is 4.74 Å². The summed E-state index contributed by atoms with van der Waals surface area (Å²) < 4.78 is 51.1. The molecule has 0 saturated heterocycles. The SMILES string of the molecule is CCS(C)(c1cccc(C(=O)O)c1)c1ccc(OCc2c(C(C)C)cnn2-c2ccccc2OC(F)(F)F)cc1C. The number of rotatable bonds is 10. The fourth-order valence-corrected chi connectivity index (χ4v) is 7.59. The van der Waals surface area contributed by atoms with Gasteiger partial charge in [0, 0.05) is 0 Å². The molecule has 0 aliphatic rings. The lowest BCUT2D eigenvalue weighted by Crippen LogP contribution is -2.19. The van der Waals surface area contributed by atoms with Crippen molar-refractivity contribution in [2.24, 2.45) is 0 Å². The first-order valence-electron chi connectivity index (χ1n) is 13.1. The molecule has 1 unspecified atom stereocenters. The summed E-state index contributed by atoms with van der Waals surface area (Å²) in [5.41, 5.74) is 2.89. The van der Waals surface area contributed by atoms with Gasteiger partial charge in [0.25, 0.3) is 0 Å². The predicted molar refractivity (Wildman–Crippen MR) is 154 cm³/mol. The van der Waals surface area contributed by atoms with Crippen molar-refractivity contribution in [1.82, 2.24) is 9.78 Å². The van der Waals surface area contributed by atoms with Gasteiger partial charge in [0.1, 0.15) is 18.0 Å². The molecular weight excluding hydrogens is 553 g/mol. The van der Waals surface area contributed by atoms with Crippen molar-refractivity contribution in [2.75, 3.05) is 12.0 Å². The van der Waals surface area contributed by atoms with Gasteiger partial charge in [-0.1, -0.05) is 39.0 Å². The Labute approximate surface area is 239 Å². The van der Waals surface area contributed by atoms with Crippen LogP contribution in [0.3, 0.4) is 0 Å². The first-order chi connectivity index (χ1) is 19.3. The van der Waals surface area contributed by atoms with Crippen LogP contribution >= 0.6 is 10.0 Å². The second kappa shape index (κ2) is 11.9. The van der Waals surface area contributed by atoms with E-state index < -0.39 is 22.4 Å². The number of benzene rings is 3. The molecule has 10 heteroatoms. The first-order valence-corrected chi connectivity index (χ1v) is 15.3. The summed E-state index contributed by atoms with van der Waals surface area (Å²) >= 11 is 0. The monoisotopic (exact) mass is 586 g/mol. The minimum Gasteiger partial charge on any atom is -0.487 e. The number of carboxylic acid groups (broad SMARTS) is 1. The number of hydrogen-bond donors (Lipinski definition) is 1. The van der Waals surface area contributed by atoms with Crippen molar-refractivity contribution >= 4 is 16.0 Å². The number of aromatic nitrogens is 2. The summed E-state index contributed by atoms with van der Waals surface area (Å²) in [6.07, 6.45) is -1.03. The maximum atomic E-state index is 13.1. The normalized spacial score (nSPS) is 14.0. The lowest BCUT2D eigenvalue weighted by Gasteiger charge is -2.37. The highest BCUT2D eigenvalue weighted by molar-refractivity contribution is 8.33. The zero-order valence-corrected chi connectivity index (χ0v) is 24.3. The van der Waals surface area contributed by atoms with Gasteiger partial charge in [0.2, 0.25) is 0 Å². The maximum absolute atomic E-state index is 13.1. The first kappa shape index (κ1) is 30.0. The number of nitrogens with zero attached hydrogens (tertiary/aromatic N) is 2. The molecular formula is C31H33F3N2O4S. The maximum Gasteiger partial charge on any atom is 0.573 e. The average molecular weight is 587 g/mol. The van der Waals surface area contributed by atoms with Crippen LogP contribution < -0.4 is 9.47 Å². The van der Waals surface area contributed by atoms with Gasteiger partial charge in [-0.15, -0.1) is 13.2 Å². The molecule has 0 radical (unpaired) electrons. The number of alkyl halides is 3. The second-order valence-electron chi connectivity index (χ2n) is 10.1. The molecule has 6 nitrogen and oxygen atoms in total. The Morgan fingerprint density at radius 3 is 2.44 bits per heavy atom. The standard InChI is InChI=1S/C31H33F3N2O4S/c1-6-41(5,24-11-9-10-22(17-24)30(37)38)29-15-14-23(16-21(29)4)39-19-27-25(20(2)3)18-35-36(27)26-12-7-8-13-28(26)40-31(32,33)34/h7-18,20H,6,19H2,1-5H3,(H,37,38). The third-order valence-corrected chi connectivity index (χ3v) is 10.9. The number of carbonyl (C=O) groups is 1. The molecule has 0 fully saturated rings. The minimum atomic E-state index is -4.84. The summed E-state index contributed by atoms with van der Waals surface area (Å²) in [6.45, 7) is 8.14. The molecule has 4 aromatic rings. The molecule has 1 atom stereocenters. The van der Waals surface area contributed by atoms with E-state index in [9.17, 15) is 23.1 Å². The molecule has 1 N–H and O–H groups in total. The van der Waals surface area contributed by atoms with Crippen LogP contribution in [-0.4, -0.2) is 39.2 Å². The third-order valence-electron chi connectivity index (χ3n) is 7.03. The summed E-state index contributed by atoms with van der Waals surface area (Å²) in [4.78, 5) is 13.7. The Morgan fingerprint density at radius 1 is 1.07 bits per heavy atom. The van der Waals surface area contributed by atoms with Crippen molar-refractivity contribution in [3.8, 4) is 17.2 Å². The van der Waals surface area contributed by atoms with Gasteiger partial charge in [-0.2, -0.15) is 15.1 Å². The summed E-state index contributed by atoms with van der Waals surface area (Å²) in [5, 5.41) is 13.9. The average Bonchev–Trinajstić information content (AvgIpc) is 3.35. The number of hydrogen-bond acceptors (Lipinski definition) is 4. The van der Waals surface area contributed by atoms with Gasteiger partial charge in [-0.05, 0) is 94.3 Å². The van der Waals surface area contributed by atoms with Crippen LogP contribution in [0.1, 0.15) is 53.9 Å². The Morgan fingerprint density at radius 2 is 1.80 bits per heavy atom. The number of aromatic carboxylic acids is 1. The molecule has 1 heterocycles. The smallest absolute Gasteiger partial charge is 0.487 e. The zero-order chi connectivity index (χ0) is 29.9. The molecule has 218 valence electrons. The number of ether oxygens (including phenoxy) is 2. The Kier molecular flexibility index (Phi) is 8.72. The number of carboxylic acids is 1. The van der Waals surface area contributed by atoms with Crippen LogP contribution in [0.2, 0.25) is 0 Å². The van der Waals surface area contributed by atoms with E-state index in [0.29, 0.717) is 11.4 Å². The fraction of sp³-hybridized carbons (Fsp3) is 0.290. The van der Waals surface area contributed by atoms with E-state index in [1.165, 1.54) is 22.9 Å². The molecule has 0 saturated carbocycles. The van der Waals surface area contributed by atoms with Crippen LogP contribution in [0.4, 0.5) is 13.2 Å². The highest BCUT2D eigenvalue weighted by Crippen LogP contribution is 2.60.